The highest BCUT2D eigenvalue weighted by molar-refractivity contribution is 7.89. The molecule has 0 saturated heterocycles. The molecule has 1 aromatic carbocycles. The van der Waals surface area contributed by atoms with Crippen LogP contribution in [0.25, 0.3) is 0 Å². The summed E-state index contributed by atoms with van der Waals surface area (Å²) in [5.74, 6) is 0. The molecule has 0 heterocycles. The van der Waals surface area contributed by atoms with Crippen LogP contribution in [0.4, 0.5) is 11.4 Å². The van der Waals surface area contributed by atoms with Gasteiger partial charge in [-0.15, -0.1) is 0 Å². The minimum Gasteiger partial charge on any atom is -0.397 e. The molecule has 0 bridgehead atoms. The second-order valence-electron chi connectivity index (χ2n) is 5.15. The highest BCUT2D eigenvalue weighted by Crippen LogP contribution is 2.36. The minimum absolute atomic E-state index is 0.283. The molecule has 1 saturated carbocycles. The Morgan fingerprint density at radius 1 is 1.35 bits per heavy atom. The summed E-state index contributed by atoms with van der Waals surface area (Å²) < 4.78 is 26.7. The fourth-order valence-electron chi connectivity index (χ4n) is 2.34. The summed E-state index contributed by atoms with van der Waals surface area (Å²) in [5.41, 5.74) is 7.53. The Morgan fingerprint density at radius 3 is 2.60 bits per heavy atom. The van der Waals surface area contributed by atoms with Crippen LogP contribution in [-0.2, 0) is 10.0 Å². The van der Waals surface area contributed by atoms with Crippen molar-refractivity contribution in [3.63, 3.8) is 0 Å². The first-order valence-electron chi connectivity index (χ1n) is 7.15. The molecule has 0 aromatic heterocycles. The molecule has 0 spiro atoms. The molecule has 5 nitrogen and oxygen atoms in total. The van der Waals surface area contributed by atoms with Gasteiger partial charge in [0.15, 0.2) is 0 Å². The van der Waals surface area contributed by atoms with Crippen LogP contribution >= 0.6 is 0 Å². The first-order chi connectivity index (χ1) is 9.49. The highest BCUT2D eigenvalue weighted by Gasteiger charge is 2.30. The SMILES string of the molecule is CCCN(c1cc(S(=O)(=O)NCC)ccc1N)C1CC1. The third kappa shape index (κ3) is 3.24. The normalized spacial score (nSPS) is 15.3. The lowest BCUT2D eigenvalue weighted by atomic mass is 10.2. The number of nitrogens with two attached hydrogens (primary N) is 1. The summed E-state index contributed by atoms with van der Waals surface area (Å²) in [7, 11) is -3.44. The summed E-state index contributed by atoms with van der Waals surface area (Å²) in [4.78, 5) is 2.52. The van der Waals surface area contributed by atoms with Gasteiger partial charge in [0.1, 0.15) is 0 Å². The number of sulfonamides is 1. The van der Waals surface area contributed by atoms with E-state index in [0.717, 1.165) is 31.5 Å². The van der Waals surface area contributed by atoms with Crippen LogP contribution in [0.5, 0.6) is 0 Å². The van der Waals surface area contributed by atoms with Crippen LogP contribution in [0.2, 0.25) is 0 Å². The molecular formula is C14H23N3O2S. The number of hydrogen-bond acceptors (Lipinski definition) is 4. The van der Waals surface area contributed by atoms with E-state index in [1.807, 2.05) is 0 Å². The van der Waals surface area contributed by atoms with E-state index in [2.05, 4.69) is 16.5 Å². The van der Waals surface area contributed by atoms with E-state index < -0.39 is 10.0 Å². The second-order valence-corrected chi connectivity index (χ2v) is 6.91. The van der Waals surface area contributed by atoms with Crippen molar-refractivity contribution in [3.8, 4) is 0 Å². The molecule has 1 aliphatic carbocycles. The van der Waals surface area contributed by atoms with Gasteiger partial charge in [-0.2, -0.15) is 0 Å². The Labute approximate surface area is 121 Å². The number of benzene rings is 1. The molecule has 20 heavy (non-hydrogen) atoms. The molecule has 1 aliphatic rings. The van der Waals surface area contributed by atoms with Gasteiger partial charge in [-0.05, 0) is 37.5 Å². The number of anilines is 2. The largest absolute Gasteiger partial charge is 0.397 e. The van der Waals surface area contributed by atoms with E-state index in [-0.39, 0.29) is 4.90 Å². The molecule has 3 N–H and O–H groups in total. The predicted molar refractivity (Wildman–Crippen MR) is 82.4 cm³/mol. The average molecular weight is 297 g/mol. The van der Waals surface area contributed by atoms with E-state index in [4.69, 9.17) is 5.73 Å². The van der Waals surface area contributed by atoms with Crippen LogP contribution in [0.3, 0.4) is 0 Å². The Bertz CT molecular complexity index is 568. The summed E-state index contributed by atoms with van der Waals surface area (Å²) in [5, 5.41) is 0. The molecule has 1 fully saturated rings. The third-order valence-electron chi connectivity index (χ3n) is 3.41. The Kier molecular flexibility index (Phi) is 4.55. The minimum atomic E-state index is -3.44. The summed E-state index contributed by atoms with van der Waals surface area (Å²) in [6, 6.07) is 5.45. The van der Waals surface area contributed by atoms with Crippen molar-refractivity contribution >= 4 is 21.4 Å². The predicted octanol–water partition coefficient (Wildman–Crippen LogP) is 1.95. The van der Waals surface area contributed by atoms with Crippen molar-refractivity contribution < 1.29 is 8.42 Å². The van der Waals surface area contributed by atoms with Gasteiger partial charge in [-0.1, -0.05) is 13.8 Å². The maximum absolute atomic E-state index is 12.1. The van der Waals surface area contributed by atoms with E-state index in [9.17, 15) is 8.42 Å². The lowest BCUT2D eigenvalue weighted by Crippen LogP contribution is -2.28. The molecule has 0 amide bonds. The molecule has 0 atom stereocenters. The first kappa shape index (κ1) is 15.1. The zero-order valence-electron chi connectivity index (χ0n) is 12.1. The maximum atomic E-state index is 12.1. The Hall–Kier alpha value is -1.27. The number of rotatable bonds is 7. The van der Waals surface area contributed by atoms with Gasteiger partial charge in [-0.25, -0.2) is 13.1 Å². The topological polar surface area (TPSA) is 75.4 Å². The van der Waals surface area contributed by atoms with Crippen molar-refractivity contribution in [3.05, 3.63) is 18.2 Å². The smallest absolute Gasteiger partial charge is 0.240 e. The molecule has 0 aliphatic heterocycles. The van der Waals surface area contributed by atoms with Gasteiger partial charge < -0.3 is 10.6 Å². The van der Waals surface area contributed by atoms with Gasteiger partial charge in [0.05, 0.1) is 16.3 Å². The highest BCUT2D eigenvalue weighted by atomic mass is 32.2. The van der Waals surface area contributed by atoms with Crippen LogP contribution < -0.4 is 15.4 Å². The Balaban J connectivity index is 2.37. The van der Waals surface area contributed by atoms with E-state index >= 15 is 0 Å². The van der Waals surface area contributed by atoms with Crippen LogP contribution in [0, 0.1) is 0 Å². The third-order valence-corrected chi connectivity index (χ3v) is 4.95. The van der Waals surface area contributed by atoms with E-state index in [0.29, 0.717) is 18.3 Å². The van der Waals surface area contributed by atoms with Gasteiger partial charge in [0, 0.05) is 19.1 Å². The molecule has 6 heteroatoms. The van der Waals surface area contributed by atoms with Gasteiger partial charge in [-0.3, -0.25) is 0 Å². The average Bonchev–Trinajstić information content (AvgIpc) is 3.21. The first-order valence-corrected chi connectivity index (χ1v) is 8.63. The Morgan fingerprint density at radius 2 is 2.05 bits per heavy atom. The van der Waals surface area contributed by atoms with Crippen molar-refractivity contribution in [2.24, 2.45) is 0 Å². The second kappa shape index (κ2) is 6.01. The van der Waals surface area contributed by atoms with Crippen molar-refractivity contribution in [2.45, 2.75) is 44.0 Å². The van der Waals surface area contributed by atoms with Gasteiger partial charge in [0.2, 0.25) is 10.0 Å². The summed E-state index contributed by atoms with van der Waals surface area (Å²) in [6.45, 7) is 5.16. The quantitative estimate of drug-likeness (QED) is 0.754. The molecule has 0 unspecified atom stereocenters. The lowest BCUT2D eigenvalue weighted by Gasteiger charge is -2.26. The van der Waals surface area contributed by atoms with Gasteiger partial charge in [0.25, 0.3) is 0 Å². The number of nitrogens with zero attached hydrogens (tertiary/aromatic N) is 1. The molecular weight excluding hydrogens is 274 g/mol. The number of nitrogen functional groups attached to an aromatic ring is 1. The zero-order chi connectivity index (χ0) is 14.8. The zero-order valence-corrected chi connectivity index (χ0v) is 12.9. The molecule has 1 aromatic rings. The number of hydrogen-bond donors (Lipinski definition) is 2. The standard InChI is InChI=1S/C14H23N3O2S/c1-3-9-17(11-5-6-11)14-10-12(7-8-13(14)15)20(18,19)16-4-2/h7-8,10-11,16H,3-6,9,15H2,1-2H3. The monoisotopic (exact) mass is 297 g/mol. The van der Waals surface area contributed by atoms with Crippen LogP contribution in [0.15, 0.2) is 23.1 Å². The van der Waals surface area contributed by atoms with Gasteiger partial charge >= 0.3 is 0 Å². The fraction of sp³-hybridized carbons (Fsp3) is 0.571. The lowest BCUT2D eigenvalue weighted by molar-refractivity contribution is 0.584. The van der Waals surface area contributed by atoms with Crippen molar-refractivity contribution in [2.75, 3.05) is 23.7 Å². The van der Waals surface area contributed by atoms with Crippen molar-refractivity contribution in [1.82, 2.24) is 4.72 Å². The molecule has 112 valence electrons. The summed E-state index contributed by atoms with van der Waals surface area (Å²) in [6.07, 6.45) is 3.33. The molecule has 2 rings (SSSR count). The van der Waals surface area contributed by atoms with E-state index in [1.165, 1.54) is 0 Å². The maximum Gasteiger partial charge on any atom is 0.240 e. The van der Waals surface area contributed by atoms with E-state index in [1.54, 1.807) is 25.1 Å². The van der Waals surface area contributed by atoms with Crippen LogP contribution in [0.1, 0.15) is 33.1 Å². The molecule has 0 radical (unpaired) electrons. The number of nitrogens with one attached hydrogen (secondary N) is 1. The summed E-state index contributed by atoms with van der Waals surface area (Å²) >= 11 is 0. The van der Waals surface area contributed by atoms with Crippen LogP contribution in [-0.4, -0.2) is 27.5 Å². The fourth-order valence-corrected chi connectivity index (χ4v) is 3.40. The van der Waals surface area contributed by atoms with Crippen molar-refractivity contribution in [1.29, 1.82) is 0 Å².